The fraction of sp³-hybridized carbons (Fsp3) is 0.400. The maximum absolute atomic E-state index is 11.7. The third kappa shape index (κ3) is 4.60. The van der Waals surface area contributed by atoms with Crippen LogP contribution in [-0.2, 0) is 4.74 Å². The van der Waals surface area contributed by atoms with Crippen molar-refractivity contribution in [2.24, 2.45) is 0 Å². The summed E-state index contributed by atoms with van der Waals surface area (Å²) in [5.74, 6) is -0.155. The zero-order chi connectivity index (χ0) is 11.1. The fourth-order valence-corrected chi connectivity index (χ4v) is 1.01. The molecule has 0 saturated carbocycles. The highest BCUT2D eigenvalue weighted by Crippen LogP contribution is 2.01. The lowest BCUT2D eigenvalue weighted by atomic mass is 10.1. The van der Waals surface area contributed by atoms with Gasteiger partial charge < -0.3 is 4.74 Å². The number of ketones is 1. The molecule has 0 unspecified atom stereocenters. The number of carbonyl (C=O) groups is 1. The molecule has 1 aromatic rings. The van der Waals surface area contributed by atoms with Crippen LogP contribution in [0.5, 0.6) is 0 Å². The number of carbonyl (C=O) groups excluding carboxylic acids is 1. The Morgan fingerprint density at radius 3 is 2.93 bits per heavy atom. The number of nitrogens with zero attached hydrogens (tertiary/aromatic N) is 1. The van der Waals surface area contributed by atoms with E-state index in [1.54, 1.807) is 18.3 Å². The minimum Gasteiger partial charge on any atom is -0.375 e. The van der Waals surface area contributed by atoms with Crippen molar-refractivity contribution in [1.82, 2.24) is 4.98 Å². The van der Waals surface area contributed by atoms with E-state index < -0.39 is 13.0 Å². The molecule has 0 bridgehead atoms. The Hall–Kier alpha value is -1.36. The van der Waals surface area contributed by atoms with Gasteiger partial charge in [0.2, 0.25) is 0 Å². The number of halogens is 2. The van der Waals surface area contributed by atoms with Crippen molar-refractivity contribution in [3.63, 3.8) is 0 Å². The summed E-state index contributed by atoms with van der Waals surface area (Å²) in [6, 6.07) is 3.27. The van der Waals surface area contributed by atoms with Crippen molar-refractivity contribution in [3.05, 3.63) is 30.1 Å². The lowest BCUT2D eigenvalue weighted by Crippen LogP contribution is -2.09. The Balaban J connectivity index is 2.25. The first kappa shape index (κ1) is 11.7. The van der Waals surface area contributed by atoms with Crippen LogP contribution in [-0.4, -0.2) is 30.4 Å². The van der Waals surface area contributed by atoms with Crippen molar-refractivity contribution >= 4 is 5.78 Å². The van der Waals surface area contributed by atoms with Crippen LogP contribution in [0, 0.1) is 0 Å². The van der Waals surface area contributed by atoms with E-state index in [0.717, 1.165) is 0 Å². The second kappa shape index (κ2) is 6.19. The second-order valence-electron chi connectivity index (χ2n) is 2.88. The quantitative estimate of drug-likeness (QED) is 0.537. The summed E-state index contributed by atoms with van der Waals surface area (Å²) in [4.78, 5) is 15.2. The number of Topliss-reactive ketones (excluding diaryl/α,β-unsaturated/α-hetero) is 1. The van der Waals surface area contributed by atoms with Crippen LogP contribution in [0.3, 0.4) is 0 Å². The Labute approximate surface area is 86.1 Å². The van der Waals surface area contributed by atoms with Crippen LogP contribution in [0.4, 0.5) is 8.78 Å². The molecular weight excluding hydrogens is 204 g/mol. The number of pyridine rings is 1. The number of hydrogen-bond donors (Lipinski definition) is 0. The third-order valence-corrected chi connectivity index (χ3v) is 1.70. The van der Waals surface area contributed by atoms with Gasteiger partial charge in [-0.15, -0.1) is 0 Å². The first-order valence-corrected chi connectivity index (χ1v) is 4.49. The van der Waals surface area contributed by atoms with Gasteiger partial charge in [0.05, 0.1) is 6.61 Å². The normalized spacial score (nSPS) is 10.6. The second-order valence-corrected chi connectivity index (χ2v) is 2.88. The highest BCUT2D eigenvalue weighted by Gasteiger charge is 2.06. The first-order chi connectivity index (χ1) is 7.20. The van der Waals surface area contributed by atoms with Crippen molar-refractivity contribution in [2.75, 3.05) is 13.2 Å². The fourth-order valence-electron chi connectivity index (χ4n) is 1.01. The maximum Gasteiger partial charge on any atom is 0.261 e. The average molecular weight is 215 g/mol. The van der Waals surface area contributed by atoms with Crippen LogP contribution in [0.15, 0.2) is 24.5 Å². The summed E-state index contributed by atoms with van der Waals surface area (Å²) >= 11 is 0. The summed E-state index contributed by atoms with van der Waals surface area (Å²) in [6.45, 7) is -0.613. The lowest BCUT2D eigenvalue weighted by Gasteiger charge is -2.02. The van der Waals surface area contributed by atoms with Crippen molar-refractivity contribution in [2.45, 2.75) is 12.8 Å². The molecule has 0 fully saturated rings. The molecule has 0 saturated heterocycles. The molecule has 82 valence electrons. The summed E-state index contributed by atoms with van der Waals surface area (Å²) in [5.41, 5.74) is 0.471. The van der Waals surface area contributed by atoms with Gasteiger partial charge in [-0.05, 0) is 12.1 Å². The van der Waals surface area contributed by atoms with Crippen LogP contribution < -0.4 is 0 Å². The Morgan fingerprint density at radius 1 is 1.53 bits per heavy atom. The molecule has 0 aromatic carbocycles. The minimum atomic E-state index is -2.49. The van der Waals surface area contributed by atoms with Crippen molar-refractivity contribution in [1.29, 1.82) is 0 Å². The molecule has 0 spiro atoms. The maximum atomic E-state index is 11.7. The molecule has 0 aliphatic rings. The van der Waals surface area contributed by atoms with E-state index in [1.807, 2.05) is 0 Å². The van der Waals surface area contributed by atoms with Gasteiger partial charge in [-0.1, -0.05) is 0 Å². The van der Waals surface area contributed by atoms with E-state index in [-0.39, 0.29) is 18.8 Å². The Morgan fingerprint density at radius 2 is 2.33 bits per heavy atom. The molecule has 1 heterocycles. The molecule has 0 aliphatic heterocycles. The highest BCUT2D eigenvalue weighted by molar-refractivity contribution is 5.95. The number of rotatable bonds is 6. The molecule has 0 radical (unpaired) electrons. The predicted molar refractivity (Wildman–Crippen MR) is 50.0 cm³/mol. The average Bonchev–Trinajstić information content (AvgIpc) is 2.25. The monoisotopic (exact) mass is 215 g/mol. The summed E-state index contributed by atoms with van der Waals surface area (Å²) in [5, 5.41) is 0. The van der Waals surface area contributed by atoms with Gasteiger partial charge in [-0.25, -0.2) is 8.78 Å². The van der Waals surface area contributed by atoms with E-state index >= 15 is 0 Å². The van der Waals surface area contributed by atoms with Crippen LogP contribution in [0.2, 0.25) is 0 Å². The van der Waals surface area contributed by atoms with Gasteiger partial charge in [-0.2, -0.15) is 0 Å². The van der Waals surface area contributed by atoms with E-state index in [9.17, 15) is 13.6 Å². The minimum absolute atomic E-state index is 0.0120. The molecule has 0 amide bonds. The van der Waals surface area contributed by atoms with Crippen LogP contribution in [0.25, 0.3) is 0 Å². The largest absolute Gasteiger partial charge is 0.375 e. The lowest BCUT2D eigenvalue weighted by molar-refractivity contribution is 0.0170. The van der Waals surface area contributed by atoms with Gasteiger partial charge in [-0.3, -0.25) is 9.78 Å². The number of alkyl halides is 2. The summed E-state index contributed by atoms with van der Waals surface area (Å²) in [6.07, 6.45) is 0.608. The summed E-state index contributed by atoms with van der Waals surface area (Å²) < 4.78 is 27.9. The van der Waals surface area contributed by atoms with Gasteiger partial charge in [0.25, 0.3) is 6.43 Å². The van der Waals surface area contributed by atoms with E-state index in [2.05, 4.69) is 9.72 Å². The third-order valence-electron chi connectivity index (χ3n) is 1.70. The Bertz CT molecular complexity index is 304. The van der Waals surface area contributed by atoms with Crippen LogP contribution >= 0.6 is 0 Å². The molecular formula is C10H11F2NO2. The number of ether oxygens (including phenoxy) is 1. The van der Waals surface area contributed by atoms with E-state index in [4.69, 9.17) is 0 Å². The molecule has 0 atom stereocenters. The van der Waals surface area contributed by atoms with E-state index in [1.165, 1.54) is 6.20 Å². The molecule has 1 aromatic heterocycles. The van der Waals surface area contributed by atoms with Gasteiger partial charge >= 0.3 is 0 Å². The summed E-state index contributed by atoms with van der Waals surface area (Å²) in [7, 11) is 0. The number of aromatic nitrogens is 1. The number of hydrogen-bond acceptors (Lipinski definition) is 3. The Kier molecular flexibility index (Phi) is 4.83. The van der Waals surface area contributed by atoms with Gasteiger partial charge in [0, 0.05) is 24.4 Å². The SMILES string of the molecule is O=C(CCOCC(F)F)c1cccnc1. The van der Waals surface area contributed by atoms with Gasteiger partial charge in [0.1, 0.15) is 6.61 Å². The zero-order valence-electron chi connectivity index (χ0n) is 8.03. The van der Waals surface area contributed by atoms with Crippen LogP contribution in [0.1, 0.15) is 16.8 Å². The van der Waals surface area contributed by atoms with Crippen molar-refractivity contribution in [3.8, 4) is 0 Å². The molecule has 3 nitrogen and oxygen atoms in total. The smallest absolute Gasteiger partial charge is 0.261 e. The standard InChI is InChI=1S/C10H11F2NO2/c11-10(12)7-15-5-3-9(14)8-2-1-4-13-6-8/h1-2,4,6,10H,3,5,7H2. The zero-order valence-corrected chi connectivity index (χ0v) is 8.03. The predicted octanol–water partition coefficient (Wildman–Crippen LogP) is 1.94. The molecule has 0 N–H and O–H groups in total. The molecule has 5 heteroatoms. The van der Waals surface area contributed by atoms with E-state index in [0.29, 0.717) is 5.56 Å². The molecule has 1 rings (SSSR count). The topological polar surface area (TPSA) is 39.2 Å². The first-order valence-electron chi connectivity index (χ1n) is 4.49. The molecule has 0 aliphatic carbocycles. The van der Waals surface area contributed by atoms with Crippen molar-refractivity contribution < 1.29 is 18.3 Å². The molecule has 15 heavy (non-hydrogen) atoms. The highest BCUT2D eigenvalue weighted by atomic mass is 19.3. The van der Waals surface area contributed by atoms with Gasteiger partial charge in [0.15, 0.2) is 5.78 Å².